The number of anilines is 1. The highest BCUT2D eigenvalue weighted by molar-refractivity contribution is 5.94. The van der Waals surface area contributed by atoms with Gasteiger partial charge in [0.25, 0.3) is 0 Å². The molecule has 1 saturated heterocycles. The molecule has 2 fully saturated rings. The predicted molar refractivity (Wildman–Crippen MR) is 88.8 cm³/mol. The van der Waals surface area contributed by atoms with Crippen LogP contribution in [-0.4, -0.2) is 41.1 Å². The van der Waals surface area contributed by atoms with Gasteiger partial charge in [-0.05, 0) is 44.4 Å². The molecule has 1 saturated carbocycles. The standard InChI is InChI=1S/C18H24N2O3/c1-13(2)19-10-11-20(17(19)23)15-7-5-6-14(12-15)18(16(21)22)8-3-4-9-18/h5-7,12-13H,3-4,8-11H2,1-2H3,(H,21,22). The zero-order chi connectivity index (χ0) is 16.6. The van der Waals surface area contributed by atoms with Crippen molar-refractivity contribution in [2.45, 2.75) is 51.0 Å². The maximum atomic E-state index is 12.5. The molecular formula is C18H24N2O3. The molecule has 1 N–H and O–H groups in total. The highest BCUT2D eigenvalue weighted by Crippen LogP contribution is 2.42. The number of carboxylic acids is 1. The third kappa shape index (κ3) is 2.58. The summed E-state index contributed by atoms with van der Waals surface area (Å²) in [5, 5.41) is 9.75. The van der Waals surface area contributed by atoms with Gasteiger partial charge in [0.15, 0.2) is 0 Å². The first-order valence-corrected chi connectivity index (χ1v) is 8.38. The fourth-order valence-corrected chi connectivity index (χ4v) is 3.85. The summed E-state index contributed by atoms with van der Waals surface area (Å²) in [7, 11) is 0. The van der Waals surface area contributed by atoms with Crippen LogP contribution in [0.4, 0.5) is 10.5 Å². The fraction of sp³-hybridized carbons (Fsp3) is 0.556. The van der Waals surface area contributed by atoms with E-state index in [9.17, 15) is 14.7 Å². The van der Waals surface area contributed by atoms with E-state index in [-0.39, 0.29) is 12.1 Å². The molecule has 0 unspecified atom stereocenters. The van der Waals surface area contributed by atoms with Gasteiger partial charge >= 0.3 is 12.0 Å². The smallest absolute Gasteiger partial charge is 0.324 e. The summed E-state index contributed by atoms with van der Waals surface area (Å²) in [4.78, 5) is 28.0. The number of carboxylic acid groups (broad SMARTS) is 1. The van der Waals surface area contributed by atoms with Crippen molar-refractivity contribution in [2.24, 2.45) is 0 Å². The number of hydrogen-bond donors (Lipinski definition) is 1. The van der Waals surface area contributed by atoms with Gasteiger partial charge < -0.3 is 10.0 Å². The van der Waals surface area contributed by atoms with E-state index in [4.69, 9.17) is 0 Å². The monoisotopic (exact) mass is 316 g/mol. The Bertz CT molecular complexity index is 620. The number of carbonyl (C=O) groups is 2. The van der Waals surface area contributed by atoms with Gasteiger partial charge in [0.2, 0.25) is 0 Å². The van der Waals surface area contributed by atoms with Gasteiger partial charge in [-0.15, -0.1) is 0 Å². The highest BCUT2D eigenvalue weighted by atomic mass is 16.4. The van der Waals surface area contributed by atoms with Crippen molar-refractivity contribution >= 4 is 17.7 Å². The van der Waals surface area contributed by atoms with Crippen molar-refractivity contribution in [2.75, 3.05) is 18.0 Å². The van der Waals surface area contributed by atoms with E-state index in [1.54, 1.807) is 4.90 Å². The summed E-state index contributed by atoms with van der Waals surface area (Å²) in [6.07, 6.45) is 3.25. The van der Waals surface area contributed by atoms with Crippen LogP contribution in [0, 0.1) is 0 Å². The summed E-state index contributed by atoms with van der Waals surface area (Å²) in [5.41, 5.74) is 0.857. The molecular weight excluding hydrogens is 292 g/mol. The Morgan fingerprint density at radius 2 is 1.91 bits per heavy atom. The molecule has 0 spiro atoms. The molecule has 1 aromatic carbocycles. The number of amides is 2. The van der Waals surface area contributed by atoms with E-state index in [0.29, 0.717) is 25.9 Å². The molecule has 5 heteroatoms. The van der Waals surface area contributed by atoms with E-state index < -0.39 is 11.4 Å². The predicted octanol–water partition coefficient (Wildman–Crippen LogP) is 3.23. The van der Waals surface area contributed by atoms with Crippen LogP contribution in [0.15, 0.2) is 24.3 Å². The van der Waals surface area contributed by atoms with Gasteiger partial charge in [-0.2, -0.15) is 0 Å². The van der Waals surface area contributed by atoms with Crippen molar-refractivity contribution in [1.82, 2.24) is 4.90 Å². The summed E-state index contributed by atoms with van der Waals surface area (Å²) in [6.45, 7) is 5.39. The van der Waals surface area contributed by atoms with E-state index in [1.165, 1.54) is 0 Å². The van der Waals surface area contributed by atoms with Crippen molar-refractivity contribution < 1.29 is 14.7 Å². The average Bonchev–Trinajstić information content (AvgIpc) is 3.14. The normalized spacial score (nSPS) is 20.6. The second kappa shape index (κ2) is 5.87. The number of rotatable bonds is 4. The lowest BCUT2D eigenvalue weighted by atomic mass is 9.79. The minimum Gasteiger partial charge on any atom is -0.481 e. The number of hydrogen-bond acceptors (Lipinski definition) is 2. The summed E-state index contributed by atoms with van der Waals surface area (Å²) < 4.78 is 0. The topological polar surface area (TPSA) is 60.9 Å². The molecule has 2 aliphatic rings. The average molecular weight is 316 g/mol. The summed E-state index contributed by atoms with van der Waals surface area (Å²) in [6, 6.07) is 7.75. The maximum absolute atomic E-state index is 12.5. The van der Waals surface area contributed by atoms with Crippen molar-refractivity contribution in [3.8, 4) is 0 Å². The Morgan fingerprint density at radius 3 is 2.48 bits per heavy atom. The molecule has 0 bridgehead atoms. The molecule has 124 valence electrons. The van der Waals surface area contributed by atoms with Crippen LogP contribution in [-0.2, 0) is 10.2 Å². The van der Waals surface area contributed by atoms with Crippen LogP contribution in [0.5, 0.6) is 0 Å². The molecule has 1 aliphatic carbocycles. The number of nitrogens with zero attached hydrogens (tertiary/aromatic N) is 2. The van der Waals surface area contributed by atoms with E-state index >= 15 is 0 Å². The second-order valence-electron chi connectivity index (χ2n) is 6.87. The zero-order valence-electron chi connectivity index (χ0n) is 13.8. The van der Waals surface area contributed by atoms with E-state index in [0.717, 1.165) is 24.1 Å². The van der Waals surface area contributed by atoms with Gasteiger partial charge in [-0.1, -0.05) is 25.0 Å². The molecule has 5 nitrogen and oxygen atoms in total. The molecule has 0 radical (unpaired) electrons. The third-order valence-electron chi connectivity index (χ3n) is 5.24. The minimum atomic E-state index is -0.781. The Morgan fingerprint density at radius 1 is 1.22 bits per heavy atom. The first kappa shape index (κ1) is 15.8. The third-order valence-corrected chi connectivity index (χ3v) is 5.24. The fourth-order valence-electron chi connectivity index (χ4n) is 3.85. The van der Waals surface area contributed by atoms with Crippen LogP contribution in [0.25, 0.3) is 0 Å². The second-order valence-corrected chi connectivity index (χ2v) is 6.87. The number of benzene rings is 1. The van der Waals surface area contributed by atoms with Gasteiger partial charge in [-0.25, -0.2) is 4.79 Å². The van der Waals surface area contributed by atoms with Crippen LogP contribution in [0.2, 0.25) is 0 Å². The lowest BCUT2D eigenvalue weighted by molar-refractivity contribution is -0.143. The highest BCUT2D eigenvalue weighted by Gasteiger charge is 2.43. The molecule has 1 aromatic rings. The molecule has 23 heavy (non-hydrogen) atoms. The zero-order valence-corrected chi connectivity index (χ0v) is 13.8. The van der Waals surface area contributed by atoms with Gasteiger partial charge in [0.1, 0.15) is 0 Å². The molecule has 2 amide bonds. The first-order valence-electron chi connectivity index (χ1n) is 8.38. The van der Waals surface area contributed by atoms with Crippen molar-refractivity contribution in [1.29, 1.82) is 0 Å². The lowest BCUT2D eigenvalue weighted by Crippen LogP contribution is -2.36. The molecule has 1 heterocycles. The number of aliphatic carboxylic acids is 1. The van der Waals surface area contributed by atoms with E-state index in [2.05, 4.69) is 0 Å². The molecule has 1 aliphatic heterocycles. The largest absolute Gasteiger partial charge is 0.481 e. The maximum Gasteiger partial charge on any atom is 0.324 e. The van der Waals surface area contributed by atoms with Crippen LogP contribution in [0.3, 0.4) is 0 Å². The molecule has 0 atom stereocenters. The summed E-state index contributed by atoms with van der Waals surface area (Å²) >= 11 is 0. The SMILES string of the molecule is CC(C)N1CCN(c2cccc(C3(C(=O)O)CCCC3)c2)C1=O. The summed E-state index contributed by atoms with van der Waals surface area (Å²) in [5.74, 6) is -0.747. The Labute approximate surface area is 136 Å². The molecule has 3 rings (SSSR count). The Kier molecular flexibility index (Phi) is 4.04. The Hall–Kier alpha value is -2.04. The lowest BCUT2D eigenvalue weighted by Gasteiger charge is -2.26. The quantitative estimate of drug-likeness (QED) is 0.927. The van der Waals surface area contributed by atoms with Gasteiger partial charge in [0, 0.05) is 24.8 Å². The number of urea groups is 1. The van der Waals surface area contributed by atoms with Crippen LogP contribution < -0.4 is 4.90 Å². The van der Waals surface area contributed by atoms with Gasteiger partial charge in [0.05, 0.1) is 5.41 Å². The number of carbonyl (C=O) groups excluding carboxylic acids is 1. The minimum absolute atomic E-state index is 0.00736. The molecule has 0 aromatic heterocycles. The first-order chi connectivity index (χ1) is 11.0. The van der Waals surface area contributed by atoms with Gasteiger partial charge in [-0.3, -0.25) is 9.69 Å². The van der Waals surface area contributed by atoms with Crippen LogP contribution >= 0.6 is 0 Å². The van der Waals surface area contributed by atoms with Crippen LogP contribution in [0.1, 0.15) is 45.1 Å². The van der Waals surface area contributed by atoms with E-state index in [1.807, 2.05) is 43.0 Å². The Balaban J connectivity index is 1.92. The van der Waals surface area contributed by atoms with Crippen molar-refractivity contribution in [3.05, 3.63) is 29.8 Å². The van der Waals surface area contributed by atoms with Crippen molar-refractivity contribution in [3.63, 3.8) is 0 Å².